The molecule has 2 bridgehead atoms. The maximum Gasteiger partial charge on any atom is 0.531 e. The number of pyridine rings is 1. The van der Waals surface area contributed by atoms with Gasteiger partial charge in [0.15, 0.2) is 11.3 Å². The van der Waals surface area contributed by atoms with Crippen LogP contribution in [0.15, 0.2) is 46.5 Å². The number of ether oxygens (including phenoxy) is 4. The summed E-state index contributed by atoms with van der Waals surface area (Å²) in [5.41, 5.74) is -5.79. The molecule has 1 fully saturated rings. The molecule has 394 valence electrons. The van der Waals surface area contributed by atoms with E-state index in [-0.39, 0.29) is 42.4 Å². The molecule has 1 N–H and O–H groups in total. The lowest BCUT2D eigenvalue weighted by Crippen LogP contribution is -2.52. The number of amides is 2. The fourth-order valence-electron chi connectivity index (χ4n) is 9.09. The lowest BCUT2D eigenvalue weighted by molar-refractivity contribution is -0.154. The Morgan fingerprint density at radius 2 is 1.60 bits per heavy atom. The number of halogens is 2. The van der Waals surface area contributed by atoms with Crippen molar-refractivity contribution < 1.29 is 69.9 Å². The lowest BCUT2D eigenvalue weighted by Gasteiger charge is -2.42. The van der Waals surface area contributed by atoms with Crippen molar-refractivity contribution in [2.45, 2.75) is 169 Å². The zero-order chi connectivity index (χ0) is 53.5. The predicted octanol–water partition coefficient (Wildman–Crippen LogP) is 8.91. The normalized spacial score (nSPS) is 19.2. The van der Waals surface area contributed by atoms with Crippen LogP contribution in [0.1, 0.15) is 158 Å². The second kappa shape index (κ2) is 20.6. The molecular weight excluding hydrogens is 962 g/mol. The summed E-state index contributed by atoms with van der Waals surface area (Å²) in [7, 11) is -3.00. The number of hydrogen-bond donors (Lipinski definition) is 1. The van der Waals surface area contributed by atoms with Crippen LogP contribution in [-0.4, -0.2) is 88.0 Å². The van der Waals surface area contributed by atoms with E-state index in [4.69, 9.17) is 37.4 Å². The van der Waals surface area contributed by atoms with E-state index in [0.29, 0.717) is 41.5 Å². The van der Waals surface area contributed by atoms with Gasteiger partial charge in [0.1, 0.15) is 28.5 Å². The van der Waals surface area contributed by atoms with Gasteiger partial charge in [-0.15, -0.1) is 0 Å². The number of rotatable bonds is 15. The fraction of sp³-hybridized carbons (Fsp3) is 0.569. The maximum absolute atomic E-state index is 14.6. The Bertz CT molecular complexity index is 2740. The number of aryl methyl sites for hydroxylation is 1. The summed E-state index contributed by atoms with van der Waals surface area (Å²) in [6.07, 6.45) is 1.60. The van der Waals surface area contributed by atoms with Gasteiger partial charge in [-0.1, -0.05) is 31.1 Å². The molecule has 21 heteroatoms. The number of nitrogens with zero attached hydrogens (tertiary/aromatic N) is 3. The van der Waals surface area contributed by atoms with E-state index in [1.807, 2.05) is 6.92 Å². The van der Waals surface area contributed by atoms with Crippen molar-refractivity contribution in [2.24, 2.45) is 5.16 Å². The van der Waals surface area contributed by atoms with Crippen molar-refractivity contribution in [3.05, 3.63) is 91.9 Å². The van der Waals surface area contributed by atoms with E-state index >= 15 is 0 Å². The summed E-state index contributed by atoms with van der Waals surface area (Å²) in [5.74, 6) is -5.09. The van der Waals surface area contributed by atoms with Crippen LogP contribution in [0.3, 0.4) is 0 Å². The SMILES string of the molecule is COC1=NO[C@@]2(CC[C@H](C)N3C[C@H]2n2cc(C(=O)NCc4ccc(F)cc4F)c(=O)c(OCOC(=O)CC(C)(C)c4c(CC(=O)OC(C)(C)C)cc(C)cc4OP(=O)(OC(C)(C)C)OC(C)(C)C)c2C3=O)C1. The second-order valence-corrected chi connectivity index (χ2v) is 23.5. The standard InChI is InChI=1S/C51H67F2N4O14P/c1-29-19-32(21-39(58)67-47(3,4)5)41(36(20-29)68-72(63,70-48(6,7)8)71-49(9,10)11)50(12,13)24-40(59)65-28-66-44-42-46(62)56-27-37(51(18-17-30(56)2)23-38(64-14)55-69-51)57(42)26-34(43(44)60)45(61)54-25-31-15-16-33(52)22-35(31)53/h15-16,19-20,22,26,30,37H,17-18,21,23-25,27-28H2,1-14H3,(H,54,61)/t30-,37+,51-/m0/s1. The Morgan fingerprint density at radius 1 is 0.931 bits per heavy atom. The molecule has 3 atom stereocenters. The molecule has 3 aliphatic rings. The van der Waals surface area contributed by atoms with Crippen LogP contribution in [0.5, 0.6) is 11.5 Å². The first kappa shape index (κ1) is 55.5. The molecule has 18 nitrogen and oxygen atoms in total. The van der Waals surface area contributed by atoms with E-state index in [0.717, 1.165) is 12.1 Å². The highest BCUT2D eigenvalue weighted by Gasteiger charge is 2.55. The molecular formula is C51H67F2N4O14P. The zero-order valence-electron chi connectivity index (χ0n) is 43.5. The van der Waals surface area contributed by atoms with Crippen LogP contribution in [-0.2, 0) is 60.6 Å². The van der Waals surface area contributed by atoms with Gasteiger partial charge in [-0.05, 0) is 112 Å². The van der Waals surface area contributed by atoms with Gasteiger partial charge in [0.2, 0.25) is 23.9 Å². The van der Waals surface area contributed by atoms with E-state index in [9.17, 15) is 37.3 Å². The summed E-state index contributed by atoms with van der Waals surface area (Å²) < 4.78 is 85.3. The third-order valence-electron chi connectivity index (χ3n) is 12.0. The minimum absolute atomic E-state index is 0.00703. The Balaban J connectivity index is 1.36. The number of phosphoric acid groups is 1. The van der Waals surface area contributed by atoms with Crippen molar-refractivity contribution in [3.8, 4) is 11.5 Å². The molecule has 0 radical (unpaired) electrons. The average Bonchev–Trinajstić information content (AvgIpc) is 3.59. The molecule has 0 saturated carbocycles. The number of methoxy groups -OCH3 is 1. The molecule has 2 aromatic carbocycles. The van der Waals surface area contributed by atoms with Crippen LogP contribution in [0.4, 0.5) is 8.78 Å². The topological polar surface area (TPSA) is 209 Å². The van der Waals surface area contributed by atoms with Gasteiger partial charge in [-0.2, -0.15) is 0 Å². The van der Waals surface area contributed by atoms with Crippen molar-refractivity contribution in [1.82, 2.24) is 14.8 Å². The number of fused-ring (bicyclic) bond motifs is 5. The zero-order valence-corrected chi connectivity index (χ0v) is 44.4. The minimum atomic E-state index is -4.45. The van der Waals surface area contributed by atoms with E-state index in [1.165, 1.54) is 17.9 Å². The Kier molecular flexibility index (Phi) is 15.9. The summed E-state index contributed by atoms with van der Waals surface area (Å²) in [5, 5.41) is 6.65. The minimum Gasteiger partial charge on any atom is -0.482 e. The molecule has 3 aliphatic heterocycles. The summed E-state index contributed by atoms with van der Waals surface area (Å²) >= 11 is 0. The summed E-state index contributed by atoms with van der Waals surface area (Å²) in [6, 6.07) is 5.06. The molecule has 1 saturated heterocycles. The number of oxime groups is 1. The van der Waals surface area contributed by atoms with Crippen LogP contribution < -0.4 is 20.0 Å². The van der Waals surface area contributed by atoms with E-state index in [2.05, 4.69) is 10.5 Å². The largest absolute Gasteiger partial charge is 0.531 e. The van der Waals surface area contributed by atoms with Gasteiger partial charge in [0.25, 0.3) is 11.8 Å². The quantitative estimate of drug-likeness (QED) is 0.0857. The molecule has 1 spiro atoms. The number of benzene rings is 2. The molecule has 4 heterocycles. The van der Waals surface area contributed by atoms with Gasteiger partial charge in [-0.3, -0.25) is 33.0 Å². The Labute approximate surface area is 418 Å². The number of hydrogen-bond acceptors (Lipinski definition) is 15. The number of nitrogens with one attached hydrogen (secondary N) is 1. The number of esters is 2. The first-order valence-electron chi connectivity index (χ1n) is 23.7. The number of aromatic nitrogens is 1. The Morgan fingerprint density at radius 3 is 2.19 bits per heavy atom. The molecule has 3 aromatic rings. The Hall–Kier alpha value is -5.85. The smallest absolute Gasteiger partial charge is 0.482 e. The van der Waals surface area contributed by atoms with Crippen molar-refractivity contribution in [2.75, 3.05) is 20.4 Å². The number of carbonyl (C=O) groups excluding carboxylic acids is 4. The lowest BCUT2D eigenvalue weighted by atomic mass is 9.77. The molecule has 6 rings (SSSR count). The highest BCUT2D eigenvalue weighted by atomic mass is 31.2. The third kappa shape index (κ3) is 13.0. The summed E-state index contributed by atoms with van der Waals surface area (Å²) in [6.45, 7) is 21.0. The van der Waals surface area contributed by atoms with Crippen LogP contribution in [0, 0.1) is 18.6 Å². The number of carbonyl (C=O) groups is 4. The molecule has 0 unspecified atom stereocenters. The second-order valence-electron chi connectivity index (χ2n) is 22.1. The van der Waals surface area contributed by atoms with Crippen molar-refractivity contribution in [3.63, 3.8) is 0 Å². The van der Waals surface area contributed by atoms with E-state index in [1.54, 1.807) is 100 Å². The van der Waals surface area contributed by atoms with Gasteiger partial charge in [-0.25, -0.2) is 13.3 Å². The van der Waals surface area contributed by atoms with Crippen LogP contribution >= 0.6 is 7.82 Å². The monoisotopic (exact) mass is 1030 g/mol. The maximum atomic E-state index is 14.6. The highest BCUT2D eigenvalue weighted by Crippen LogP contribution is 2.57. The van der Waals surface area contributed by atoms with Crippen LogP contribution in [0.25, 0.3) is 0 Å². The van der Waals surface area contributed by atoms with Crippen molar-refractivity contribution in [1.29, 1.82) is 0 Å². The van der Waals surface area contributed by atoms with Crippen molar-refractivity contribution >= 4 is 37.5 Å². The van der Waals surface area contributed by atoms with Gasteiger partial charge in [0.05, 0.1) is 43.6 Å². The highest BCUT2D eigenvalue weighted by molar-refractivity contribution is 7.49. The van der Waals surface area contributed by atoms with Crippen LogP contribution in [0.2, 0.25) is 0 Å². The summed E-state index contributed by atoms with van der Waals surface area (Å²) in [4.78, 5) is 78.1. The average molecular weight is 1030 g/mol. The van der Waals surface area contributed by atoms with Gasteiger partial charge >= 0.3 is 19.8 Å². The first-order valence-corrected chi connectivity index (χ1v) is 25.2. The van der Waals surface area contributed by atoms with E-state index < -0.39 is 114 Å². The molecule has 72 heavy (non-hydrogen) atoms. The first-order chi connectivity index (χ1) is 33.2. The van der Waals surface area contributed by atoms with Gasteiger partial charge in [0, 0.05) is 47.9 Å². The molecule has 0 aliphatic carbocycles. The predicted molar refractivity (Wildman–Crippen MR) is 260 cm³/mol. The molecule has 2 amide bonds. The fourth-order valence-corrected chi connectivity index (χ4v) is 10.9. The molecule has 1 aromatic heterocycles. The number of phosphoric ester groups is 1. The third-order valence-corrected chi connectivity index (χ3v) is 13.9. The van der Waals surface area contributed by atoms with Gasteiger partial charge < -0.3 is 43.1 Å².